The Kier molecular flexibility index (Phi) is 7.28. The second-order valence-corrected chi connectivity index (χ2v) is 20.6. The monoisotopic (exact) mass is 825 g/mol. The van der Waals surface area contributed by atoms with E-state index in [0.717, 1.165) is 62.1 Å². The van der Waals surface area contributed by atoms with Crippen molar-refractivity contribution in [3.05, 3.63) is 180 Å². The van der Waals surface area contributed by atoms with Crippen LogP contribution in [0.1, 0.15) is 119 Å². The molecular weight excluding hydrogens is 753 g/mol. The fourth-order valence-electron chi connectivity index (χ4n) is 8.49. The van der Waals surface area contributed by atoms with E-state index in [2.05, 4.69) is 183 Å². The molecule has 0 N–H and O–H groups in total. The van der Waals surface area contributed by atoms with Gasteiger partial charge in [0.15, 0.2) is 0 Å². The van der Waals surface area contributed by atoms with Gasteiger partial charge in [0.05, 0.1) is 59.2 Å². The molecule has 7 aromatic rings. The summed E-state index contributed by atoms with van der Waals surface area (Å²) >= 11 is 0. The van der Waals surface area contributed by atoms with Crippen LogP contribution in [-0.2, 0) is 21.7 Å². The highest BCUT2D eigenvalue weighted by atomic mass is 15.3. The first-order valence-electron chi connectivity index (χ1n) is 26.5. The van der Waals surface area contributed by atoms with Crippen LogP contribution in [-0.4, -0.2) is 0 Å². The largest absolute Gasteiger partial charge is 0.310 e. The van der Waals surface area contributed by atoms with Gasteiger partial charge >= 0.3 is 0 Å². The molecule has 62 heavy (non-hydrogen) atoms. The summed E-state index contributed by atoms with van der Waals surface area (Å²) in [6.07, 6.45) is 0. The second-order valence-electron chi connectivity index (χ2n) is 20.6. The molecule has 0 saturated carbocycles. The zero-order valence-electron chi connectivity index (χ0n) is 48.0. The number of anilines is 12. The van der Waals surface area contributed by atoms with E-state index in [-0.39, 0.29) is 38.7 Å². The van der Waals surface area contributed by atoms with E-state index in [4.69, 9.17) is 8.22 Å². The van der Waals surface area contributed by atoms with Crippen LogP contribution >= 0.6 is 0 Å². The molecule has 0 aliphatic carbocycles. The summed E-state index contributed by atoms with van der Waals surface area (Å²) in [5, 5.41) is 0. The van der Waals surface area contributed by atoms with Gasteiger partial charge in [-0.25, -0.2) is 0 Å². The molecular formula is C58H62N4. The van der Waals surface area contributed by atoms with E-state index in [9.17, 15) is 5.48 Å². The molecule has 4 heteroatoms. The molecule has 0 spiro atoms. The molecule has 0 aromatic heterocycles. The molecule has 4 nitrogen and oxygen atoms in total. The quantitative estimate of drug-likeness (QED) is 0.171. The van der Waals surface area contributed by atoms with E-state index in [1.165, 1.54) is 4.90 Å². The highest BCUT2D eigenvalue weighted by Crippen LogP contribution is 2.65. The summed E-state index contributed by atoms with van der Waals surface area (Å²) < 4.78 is 90.4. The van der Waals surface area contributed by atoms with E-state index in [1.54, 1.807) is 0 Å². The van der Waals surface area contributed by atoms with Crippen LogP contribution in [0.3, 0.4) is 0 Å². The number of hydrogen-bond acceptors (Lipinski definition) is 4. The number of para-hydroxylation sites is 2. The molecule has 2 heterocycles. The topological polar surface area (TPSA) is 13.0 Å². The number of benzene rings is 7. The Labute approximate surface area is 385 Å². The molecule has 9 rings (SSSR count). The Balaban J connectivity index is 1.51. The summed E-state index contributed by atoms with van der Waals surface area (Å²) in [4.78, 5) is 7.92. The molecule has 0 unspecified atom stereocenters. The van der Waals surface area contributed by atoms with Crippen molar-refractivity contribution in [1.82, 2.24) is 0 Å². The molecule has 0 bridgehead atoms. The Morgan fingerprint density at radius 1 is 0.339 bits per heavy atom. The second kappa shape index (κ2) is 14.7. The van der Waals surface area contributed by atoms with Crippen molar-refractivity contribution >= 4 is 68.2 Å². The fourth-order valence-corrected chi connectivity index (χ4v) is 8.49. The predicted molar refractivity (Wildman–Crippen MR) is 267 cm³/mol. The molecule has 7 aromatic carbocycles. The SMILES string of the molecule is [2H]c1c([2H])c([2H])c(N(c2cc3c4c(c2)N(c2ccc(C(C)(C)C)cc2)c2ccc(C(C)(C)C)cc2N4c2cc(C(C)(C)C)ccc2N3c2ccc(C(C)(C)C)cc2)c2c([2H])c([2H])c([2H])c([2H])c2[2H])c([2H])c1[2H]. The van der Waals surface area contributed by atoms with Crippen LogP contribution in [0.25, 0.3) is 0 Å². The van der Waals surface area contributed by atoms with Gasteiger partial charge in [0, 0.05) is 22.7 Å². The van der Waals surface area contributed by atoms with Gasteiger partial charge in [0.1, 0.15) is 0 Å². The lowest BCUT2D eigenvalue weighted by molar-refractivity contribution is 0.590. The maximum atomic E-state index is 9.41. The van der Waals surface area contributed by atoms with Gasteiger partial charge in [-0.05, 0) is 129 Å². The van der Waals surface area contributed by atoms with Crippen LogP contribution in [0.4, 0.5) is 68.2 Å². The van der Waals surface area contributed by atoms with Gasteiger partial charge in [0.25, 0.3) is 0 Å². The van der Waals surface area contributed by atoms with Gasteiger partial charge in [-0.15, -0.1) is 0 Å². The summed E-state index contributed by atoms with van der Waals surface area (Å²) in [6.45, 7) is 26.2. The Morgan fingerprint density at radius 3 is 1.02 bits per heavy atom. The molecule has 0 atom stereocenters. The van der Waals surface area contributed by atoms with Crippen LogP contribution in [0.2, 0.25) is 0 Å². The van der Waals surface area contributed by atoms with Crippen LogP contribution in [0.15, 0.2) is 157 Å². The lowest BCUT2D eigenvalue weighted by Gasteiger charge is -2.48. The molecule has 314 valence electrons. The molecule has 0 amide bonds. The molecule has 0 saturated heterocycles. The summed E-state index contributed by atoms with van der Waals surface area (Å²) in [5.41, 5.74) is 10.4. The molecule has 2 aliphatic rings. The fraction of sp³-hybridized carbons (Fsp3) is 0.276. The average Bonchev–Trinajstić information content (AvgIpc) is 3.31. The highest BCUT2D eigenvalue weighted by Gasteiger charge is 2.41. The minimum atomic E-state index is -0.637. The van der Waals surface area contributed by atoms with Gasteiger partial charge in [-0.1, -0.05) is 156 Å². The van der Waals surface area contributed by atoms with Crippen molar-refractivity contribution in [2.75, 3.05) is 19.6 Å². The normalized spacial score (nSPS) is 16.0. The lowest BCUT2D eigenvalue weighted by Crippen LogP contribution is -2.31. The van der Waals surface area contributed by atoms with E-state index >= 15 is 0 Å². The summed E-state index contributed by atoms with van der Waals surface area (Å²) in [5.74, 6) is 0. The minimum Gasteiger partial charge on any atom is -0.310 e. The highest BCUT2D eigenvalue weighted by molar-refractivity contribution is 6.14. The third-order valence-corrected chi connectivity index (χ3v) is 12.1. The predicted octanol–water partition coefficient (Wildman–Crippen LogP) is 17.4. The first-order valence-corrected chi connectivity index (χ1v) is 21.5. The average molecular weight is 825 g/mol. The van der Waals surface area contributed by atoms with Crippen molar-refractivity contribution in [2.24, 2.45) is 0 Å². The van der Waals surface area contributed by atoms with Gasteiger partial charge in [-0.3, -0.25) is 0 Å². The van der Waals surface area contributed by atoms with E-state index < -0.39 is 60.4 Å². The molecule has 2 aliphatic heterocycles. The number of nitrogens with zero attached hydrogens (tertiary/aromatic N) is 4. The van der Waals surface area contributed by atoms with Crippen molar-refractivity contribution in [1.29, 1.82) is 0 Å². The van der Waals surface area contributed by atoms with Crippen LogP contribution < -0.4 is 19.6 Å². The van der Waals surface area contributed by atoms with Gasteiger partial charge in [0.2, 0.25) is 0 Å². The Bertz CT molecular complexity index is 3080. The molecule has 0 fully saturated rings. The zero-order valence-corrected chi connectivity index (χ0v) is 38.0. The van der Waals surface area contributed by atoms with Crippen LogP contribution in [0, 0.1) is 0 Å². The third kappa shape index (κ3) is 7.23. The first-order chi connectivity index (χ1) is 33.4. The number of fused-ring (bicyclic) bond motifs is 4. The van der Waals surface area contributed by atoms with Crippen molar-refractivity contribution in [2.45, 2.75) is 105 Å². The Morgan fingerprint density at radius 2 is 0.677 bits per heavy atom. The first kappa shape index (κ1) is 30.7. The van der Waals surface area contributed by atoms with Crippen molar-refractivity contribution < 1.29 is 13.7 Å². The minimum absolute atomic E-state index is 0.151. The summed E-state index contributed by atoms with van der Waals surface area (Å²) in [6, 6.07) is 27.5. The standard InChI is InChI=1S/C58H62N4/c1-55(2,3)39-23-29-45(30-24-39)60-48-33-27-41(57(7,8)9)35-50(48)62-51-36-42(58(10,11)12)28-34-49(51)61(46-31-25-40(26-32-46)56(4,5)6)53-38-47(37-52(60)54(53)62)59(43-19-15-13-16-20-43)44-21-17-14-18-22-44/h13-38H,1-12H3/i13D,14D,15D,16D,17D,18D,19D,20D,21D,22D. The Hall–Kier alpha value is -6.26. The molecule has 0 radical (unpaired) electrons. The van der Waals surface area contributed by atoms with Gasteiger partial charge in [-0.2, -0.15) is 0 Å². The van der Waals surface area contributed by atoms with Crippen molar-refractivity contribution in [3.8, 4) is 0 Å². The zero-order chi connectivity index (χ0) is 52.6. The number of rotatable bonds is 5. The van der Waals surface area contributed by atoms with Crippen molar-refractivity contribution in [3.63, 3.8) is 0 Å². The smallest absolute Gasteiger partial charge is 0.0949 e. The van der Waals surface area contributed by atoms with E-state index in [1.807, 2.05) is 12.1 Å². The van der Waals surface area contributed by atoms with Crippen LogP contribution in [0.5, 0.6) is 0 Å². The maximum absolute atomic E-state index is 9.41. The van der Waals surface area contributed by atoms with Gasteiger partial charge < -0.3 is 19.6 Å². The maximum Gasteiger partial charge on any atom is 0.0949 e. The van der Waals surface area contributed by atoms with E-state index in [0.29, 0.717) is 11.4 Å². The lowest BCUT2D eigenvalue weighted by atomic mass is 9.84. The summed E-state index contributed by atoms with van der Waals surface area (Å²) in [7, 11) is 0. The third-order valence-electron chi connectivity index (χ3n) is 12.1. The number of hydrogen-bond donors (Lipinski definition) is 0.